The number of carbonyl (C=O) groups is 1. The van der Waals surface area contributed by atoms with E-state index in [0.29, 0.717) is 13.0 Å². The third-order valence-electron chi connectivity index (χ3n) is 3.77. The average Bonchev–Trinajstić information content (AvgIpc) is 2.31. The number of esters is 1. The van der Waals surface area contributed by atoms with Gasteiger partial charge in [-0.2, -0.15) is 0 Å². The number of nitrogens with one attached hydrogen (secondary N) is 1. The molecule has 0 saturated heterocycles. The first-order chi connectivity index (χ1) is 8.12. The molecule has 3 nitrogen and oxygen atoms in total. The second-order valence-electron chi connectivity index (χ2n) is 5.37. The molecule has 1 saturated carbocycles. The highest BCUT2D eigenvalue weighted by molar-refractivity contribution is 5.71. The molecule has 0 atom stereocenters. The van der Waals surface area contributed by atoms with Gasteiger partial charge in [-0.05, 0) is 51.5 Å². The molecule has 0 aliphatic heterocycles. The number of hydrogen-bond acceptors (Lipinski definition) is 3. The molecule has 1 rings (SSSR count). The van der Waals surface area contributed by atoms with E-state index < -0.39 is 0 Å². The van der Waals surface area contributed by atoms with E-state index in [1.165, 1.54) is 12.8 Å². The van der Waals surface area contributed by atoms with E-state index in [9.17, 15) is 4.79 Å². The lowest BCUT2D eigenvalue weighted by molar-refractivity contribution is -0.145. The molecule has 1 aliphatic carbocycles. The van der Waals surface area contributed by atoms with Crippen LogP contribution in [0.1, 0.15) is 59.3 Å². The van der Waals surface area contributed by atoms with Crippen LogP contribution in [0.2, 0.25) is 0 Å². The molecule has 0 aromatic rings. The maximum Gasteiger partial charge on any atom is 0.307 e. The van der Waals surface area contributed by atoms with Crippen LogP contribution in [0.5, 0.6) is 0 Å². The highest BCUT2D eigenvalue weighted by atomic mass is 16.5. The summed E-state index contributed by atoms with van der Waals surface area (Å²) in [6, 6.07) is 0. The highest BCUT2D eigenvalue weighted by Crippen LogP contribution is 2.34. The first-order valence-corrected chi connectivity index (χ1v) is 7.02. The molecule has 0 aromatic carbocycles. The second kappa shape index (κ2) is 7.00. The zero-order chi connectivity index (χ0) is 12.7. The number of rotatable bonds is 6. The van der Waals surface area contributed by atoms with Crippen LogP contribution in [-0.4, -0.2) is 24.7 Å². The van der Waals surface area contributed by atoms with Crippen molar-refractivity contribution < 1.29 is 9.53 Å². The summed E-state index contributed by atoms with van der Waals surface area (Å²) in [5.74, 6) is 0.749. The van der Waals surface area contributed by atoms with Crippen molar-refractivity contribution in [3.63, 3.8) is 0 Å². The van der Waals surface area contributed by atoms with Gasteiger partial charge in [0.05, 0.1) is 13.0 Å². The van der Waals surface area contributed by atoms with Gasteiger partial charge in [-0.15, -0.1) is 0 Å². The minimum Gasteiger partial charge on any atom is -0.466 e. The normalized spacial score (nSPS) is 29.0. The molecule has 17 heavy (non-hydrogen) atoms. The molecule has 0 spiro atoms. The van der Waals surface area contributed by atoms with E-state index in [4.69, 9.17) is 4.74 Å². The van der Waals surface area contributed by atoms with Crippen LogP contribution >= 0.6 is 0 Å². The number of hydrogen-bond donors (Lipinski definition) is 1. The Bertz CT molecular complexity index is 227. The summed E-state index contributed by atoms with van der Waals surface area (Å²) in [4.78, 5) is 11.7. The Morgan fingerprint density at radius 3 is 2.53 bits per heavy atom. The molecule has 0 radical (unpaired) electrons. The SMILES string of the molecule is CCCNC1(CC(=O)OCC)CCC(C)CC1. The van der Waals surface area contributed by atoms with E-state index in [2.05, 4.69) is 19.2 Å². The zero-order valence-corrected chi connectivity index (χ0v) is 11.6. The van der Waals surface area contributed by atoms with Crippen molar-refractivity contribution in [3.8, 4) is 0 Å². The van der Waals surface area contributed by atoms with Gasteiger partial charge in [0, 0.05) is 5.54 Å². The van der Waals surface area contributed by atoms with Crippen molar-refractivity contribution in [2.24, 2.45) is 5.92 Å². The second-order valence-corrected chi connectivity index (χ2v) is 5.37. The molecular weight excluding hydrogens is 214 g/mol. The fourth-order valence-corrected chi connectivity index (χ4v) is 2.61. The van der Waals surface area contributed by atoms with Crippen molar-refractivity contribution in [1.29, 1.82) is 0 Å². The Labute approximate surface area is 105 Å². The quantitative estimate of drug-likeness (QED) is 0.727. The molecule has 0 unspecified atom stereocenters. The summed E-state index contributed by atoms with van der Waals surface area (Å²) in [6.45, 7) is 7.81. The van der Waals surface area contributed by atoms with Crippen molar-refractivity contribution in [3.05, 3.63) is 0 Å². The Hall–Kier alpha value is -0.570. The van der Waals surface area contributed by atoms with Crippen molar-refractivity contribution in [1.82, 2.24) is 5.32 Å². The predicted octanol–water partition coefficient (Wildman–Crippen LogP) is 2.89. The van der Waals surface area contributed by atoms with Crippen molar-refractivity contribution in [2.45, 2.75) is 64.8 Å². The van der Waals surface area contributed by atoms with E-state index in [-0.39, 0.29) is 11.5 Å². The van der Waals surface area contributed by atoms with Gasteiger partial charge >= 0.3 is 5.97 Å². The topological polar surface area (TPSA) is 38.3 Å². The Morgan fingerprint density at radius 2 is 2.00 bits per heavy atom. The Balaban J connectivity index is 2.55. The largest absolute Gasteiger partial charge is 0.466 e. The summed E-state index contributed by atoms with van der Waals surface area (Å²) in [5, 5.41) is 3.59. The standard InChI is InChI=1S/C14H27NO2/c1-4-10-15-14(11-13(16)17-5-2)8-6-12(3)7-9-14/h12,15H,4-11H2,1-3H3. The number of ether oxygens (including phenoxy) is 1. The molecule has 0 amide bonds. The average molecular weight is 241 g/mol. The maximum absolute atomic E-state index is 11.7. The van der Waals surface area contributed by atoms with Gasteiger partial charge in [0.15, 0.2) is 0 Å². The van der Waals surface area contributed by atoms with E-state index in [0.717, 1.165) is 31.7 Å². The minimum atomic E-state index is -0.0503. The van der Waals surface area contributed by atoms with Crippen LogP contribution in [0.15, 0.2) is 0 Å². The van der Waals surface area contributed by atoms with Gasteiger partial charge < -0.3 is 10.1 Å². The van der Waals surface area contributed by atoms with Gasteiger partial charge in [-0.3, -0.25) is 4.79 Å². The smallest absolute Gasteiger partial charge is 0.307 e. The molecular formula is C14H27NO2. The first kappa shape index (κ1) is 14.5. The molecule has 1 aliphatic rings. The van der Waals surface area contributed by atoms with Crippen LogP contribution in [0.3, 0.4) is 0 Å². The molecule has 1 fully saturated rings. The van der Waals surface area contributed by atoms with Crippen molar-refractivity contribution in [2.75, 3.05) is 13.2 Å². The zero-order valence-electron chi connectivity index (χ0n) is 11.6. The first-order valence-electron chi connectivity index (χ1n) is 7.02. The molecule has 100 valence electrons. The Morgan fingerprint density at radius 1 is 1.35 bits per heavy atom. The van der Waals surface area contributed by atoms with Crippen LogP contribution in [0.4, 0.5) is 0 Å². The highest BCUT2D eigenvalue weighted by Gasteiger charge is 2.35. The molecule has 1 N–H and O–H groups in total. The summed E-state index contributed by atoms with van der Waals surface area (Å²) in [5.41, 5.74) is 0.00870. The summed E-state index contributed by atoms with van der Waals surface area (Å²) in [6.07, 6.45) is 6.29. The summed E-state index contributed by atoms with van der Waals surface area (Å²) in [7, 11) is 0. The Kier molecular flexibility index (Phi) is 5.96. The molecule has 0 bridgehead atoms. The molecule has 0 aromatic heterocycles. The van der Waals surface area contributed by atoms with Gasteiger partial charge in [-0.1, -0.05) is 13.8 Å². The predicted molar refractivity (Wildman–Crippen MR) is 69.9 cm³/mol. The lowest BCUT2D eigenvalue weighted by Gasteiger charge is -2.39. The van der Waals surface area contributed by atoms with E-state index >= 15 is 0 Å². The third kappa shape index (κ3) is 4.66. The fraction of sp³-hybridized carbons (Fsp3) is 0.929. The van der Waals surface area contributed by atoms with Gasteiger partial charge in [0.25, 0.3) is 0 Å². The van der Waals surface area contributed by atoms with E-state index in [1.54, 1.807) is 0 Å². The van der Waals surface area contributed by atoms with Gasteiger partial charge in [0.2, 0.25) is 0 Å². The third-order valence-corrected chi connectivity index (χ3v) is 3.77. The fourth-order valence-electron chi connectivity index (χ4n) is 2.61. The van der Waals surface area contributed by atoms with E-state index in [1.807, 2.05) is 6.92 Å². The maximum atomic E-state index is 11.7. The van der Waals surface area contributed by atoms with Gasteiger partial charge in [0.1, 0.15) is 0 Å². The van der Waals surface area contributed by atoms with Gasteiger partial charge in [-0.25, -0.2) is 0 Å². The minimum absolute atomic E-state index is 0.00870. The summed E-state index contributed by atoms with van der Waals surface area (Å²) >= 11 is 0. The molecule has 0 heterocycles. The van der Waals surface area contributed by atoms with Crippen LogP contribution in [0, 0.1) is 5.92 Å². The lowest BCUT2D eigenvalue weighted by atomic mass is 9.75. The van der Waals surface area contributed by atoms with Crippen LogP contribution < -0.4 is 5.32 Å². The monoisotopic (exact) mass is 241 g/mol. The van der Waals surface area contributed by atoms with Crippen LogP contribution in [-0.2, 0) is 9.53 Å². The van der Waals surface area contributed by atoms with Crippen molar-refractivity contribution >= 4 is 5.97 Å². The molecule has 3 heteroatoms. The summed E-state index contributed by atoms with van der Waals surface area (Å²) < 4.78 is 5.10. The lowest BCUT2D eigenvalue weighted by Crippen LogP contribution is -2.49. The number of carbonyl (C=O) groups excluding carboxylic acids is 1. The van der Waals surface area contributed by atoms with Crippen LogP contribution in [0.25, 0.3) is 0 Å².